The Labute approximate surface area is 173 Å². The van der Waals surface area contributed by atoms with Gasteiger partial charge in [0.05, 0.1) is 0 Å². The normalized spacial score (nSPS) is 41.1. The third kappa shape index (κ3) is 2.78. The lowest BCUT2D eigenvalue weighted by Gasteiger charge is -2.59. The molecule has 4 heteroatoms. The van der Waals surface area contributed by atoms with Gasteiger partial charge in [-0.3, -0.25) is 4.79 Å². The molecule has 1 aromatic rings. The van der Waals surface area contributed by atoms with Crippen molar-refractivity contribution < 1.29 is 9.90 Å². The molecule has 0 spiro atoms. The van der Waals surface area contributed by atoms with Crippen LogP contribution in [0.4, 0.5) is 0 Å². The second-order valence-corrected chi connectivity index (χ2v) is 10.2. The molecule has 1 unspecified atom stereocenters. The Balaban J connectivity index is 1.54. The van der Waals surface area contributed by atoms with Crippen molar-refractivity contribution in [1.82, 2.24) is 9.97 Å². The molecule has 0 aliphatic heterocycles. The molecule has 2 saturated carbocycles. The second kappa shape index (κ2) is 6.87. The highest BCUT2D eigenvalue weighted by atomic mass is 16.3. The molecule has 0 amide bonds. The summed E-state index contributed by atoms with van der Waals surface area (Å²) < 4.78 is 0. The van der Waals surface area contributed by atoms with Crippen molar-refractivity contribution in [3.8, 4) is 0 Å². The standard InChI is InChI=1S/C25H32N2O2/c1-24-9-6-18(29)15-17(24)14-16(8-13-28)22-19-4-5-21(23-26-11-3-12-27-23)25(19,2)10-7-20(22)24/h3,5,11-12,14,16,19-20,22,28H,4,6-10,13,15H2,1-2H3/t16?,19-,20-,22-,24-,25-/m0/s1. The first kappa shape index (κ1) is 19.2. The summed E-state index contributed by atoms with van der Waals surface area (Å²) in [5.41, 5.74) is 2.94. The van der Waals surface area contributed by atoms with E-state index in [9.17, 15) is 9.90 Å². The number of hydrogen-bond acceptors (Lipinski definition) is 4. The summed E-state index contributed by atoms with van der Waals surface area (Å²) in [5, 5.41) is 9.83. The Morgan fingerprint density at radius 1 is 1.14 bits per heavy atom. The van der Waals surface area contributed by atoms with Crippen molar-refractivity contribution in [1.29, 1.82) is 0 Å². The van der Waals surface area contributed by atoms with E-state index in [1.165, 1.54) is 17.6 Å². The second-order valence-electron chi connectivity index (χ2n) is 10.2. The summed E-state index contributed by atoms with van der Waals surface area (Å²) in [6.45, 7) is 5.06. The molecule has 0 aromatic carbocycles. The number of rotatable bonds is 3. The molecule has 1 aromatic heterocycles. The van der Waals surface area contributed by atoms with Crippen LogP contribution in [0.5, 0.6) is 0 Å². The van der Waals surface area contributed by atoms with Crippen molar-refractivity contribution in [3.05, 3.63) is 42.0 Å². The SMILES string of the molecule is C[C@]12CCC(=O)CC1=CC(CCO)[C@@H]1[C@@H]2CC[C@]2(C)C(c3ncccn3)=CC[C@@H]12. The van der Waals surface area contributed by atoms with Gasteiger partial charge in [-0.2, -0.15) is 0 Å². The zero-order chi connectivity index (χ0) is 20.2. The van der Waals surface area contributed by atoms with Gasteiger partial charge in [0.1, 0.15) is 5.78 Å². The molecular formula is C25H32N2O2. The number of aliphatic hydroxyl groups is 1. The number of carbonyl (C=O) groups is 1. The summed E-state index contributed by atoms with van der Waals surface area (Å²) >= 11 is 0. The predicted molar refractivity (Wildman–Crippen MR) is 113 cm³/mol. The summed E-state index contributed by atoms with van der Waals surface area (Å²) in [6, 6.07) is 1.88. The van der Waals surface area contributed by atoms with E-state index in [-0.39, 0.29) is 17.4 Å². The first-order valence-electron chi connectivity index (χ1n) is 11.3. The Morgan fingerprint density at radius 3 is 2.69 bits per heavy atom. The first-order chi connectivity index (χ1) is 14.0. The average molecular weight is 393 g/mol. The fourth-order valence-electron chi connectivity index (χ4n) is 7.42. The maximum atomic E-state index is 12.2. The van der Waals surface area contributed by atoms with Crippen molar-refractivity contribution >= 4 is 11.4 Å². The quantitative estimate of drug-likeness (QED) is 0.763. The van der Waals surface area contributed by atoms with Crippen LogP contribution in [-0.2, 0) is 4.79 Å². The Hall–Kier alpha value is -1.81. The number of fused-ring (bicyclic) bond motifs is 5. The van der Waals surface area contributed by atoms with Crippen LogP contribution in [0.2, 0.25) is 0 Å². The molecular weight excluding hydrogens is 360 g/mol. The number of carbonyl (C=O) groups excluding carboxylic acids is 1. The molecule has 154 valence electrons. The number of aliphatic hydroxyl groups excluding tert-OH is 1. The lowest BCUT2D eigenvalue weighted by Crippen LogP contribution is -2.52. The minimum absolute atomic E-state index is 0.0996. The fraction of sp³-hybridized carbons (Fsp3) is 0.640. The molecule has 4 aliphatic rings. The third-order valence-electron chi connectivity index (χ3n) is 8.95. The third-order valence-corrected chi connectivity index (χ3v) is 8.95. The van der Waals surface area contributed by atoms with E-state index in [4.69, 9.17) is 0 Å². The van der Waals surface area contributed by atoms with Gasteiger partial charge >= 0.3 is 0 Å². The number of ketones is 1. The van der Waals surface area contributed by atoms with Gasteiger partial charge in [0.15, 0.2) is 5.82 Å². The van der Waals surface area contributed by atoms with E-state index in [0.717, 1.165) is 37.9 Å². The van der Waals surface area contributed by atoms with Crippen molar-refractivity contribution in [2.75, 3.05) is 6.61 Å². The number of hydrogen-bond donors (Lipinski definition) is 1. The molecule has 0 radical (unpaired) electrons. The molecule has 6 atom stereocenters. The zero-order valence-electron chi connectivity index (χ0n) is 17.6. The summed E-state index contributed by atoms with van der Waals surface area (Å²) in [6.07, 6.45) is 15.1. The van der Waals surface area contributed by atoms with Gasteiger partial charge in [-0.25, -0.2) is 9.97 Å². The number of Topliss-reactive ketones (excluding diaryl/α,β-unsaturated/α-hetero) is 1. The number of nitrogens with zero attached hydrogens (tertiary/aromatic N) is 2. The van der Waals surface area contributed by atoms with E-state index < -0.39 is 0 Å². The predicted octanol–water partition coefficient (Wildman–Crippen LogP) is 4.61. The van der Waals surface area contributed by atoms with Crippen molar-refractivity contribution in [2.45, 2.75) is 58.8 Å². The van der Waals surface area contributed by atoms with E-state index in [1.807, 2.05) is 18.5 Å². The largest absolute Gasteiger partial charge is 0.396 e. The van der Waals surface area contributed by atoms with Crippen LogP contribution >= 0.6 is 0 Å². The van der Waals surface area contributed by atoms with E-state index in [0.29, 0.717) is 35.9 Å². The molecule has 4 nitrogen and oxygen atoms in total. The highest BCUT2D eigenvalue weighted by molar-refractivity contribution is 5.82. The van der Waals surface area contributed by atoms with Gasteiger partial charge in [0.2, 0.25) is 0 Å². The fourth-order valence-corrected chi connectivity index (χ4v) is 7.42. The molecule has 1 heterocycles. The number of allylic oxidation sites excluding steroid dienone is 4. The smallest absolute Gasteiger partial charge is 0.155 e. The highest BCUT2D eigenvalue weighted by Gasteiger charge is 2.59. The van der Waals surface area contributed by atoms with Crippen LogP contribution in [0.25, 0.3) is 5.57 Å². The average Bonchev–Trinajstić information content (AvgIpc) is 3.07. The monoisotopic (exact) mass is 392 g/mol. The van der Waals surface area contributed by atoms with Crippen LogP contribution in [0, 0.1) is 34.5 Å². The first-order valence-corrected chi connectivity index (χ1v) is 11.3. The Kier molecular flexibility index (Phi) is 4.54. The molecule has 29 heavy (non-hydrogen) atoms. The van der Waals surface area contributed by atoms with Crippen LogP contribution in [0.3, 0.4) is 0 Å². The van der Waals surface area contributed by atoms with E-state index in [1.54, 1.807) is 0 Å². The Morgan fingerprint density at radius 2 is 1.93 bits per heavy atom. The van der Waals surface area contributed by atoms with E-state index in [2.05, 4.69) is 36.0 Å². The molecule has 0 bridgehead atoms. The molecule has 4 aliphatic carbocycles. The van der Waals surface area contributed by atoms with Gasteiger partial charge in [0, 0.05) is 31.8 Å². The molecule has 2 fully saturated rings. The summed E-state index contributed by atoms with van der Waals surface area (Å²) in [7, 11) is 0. The lowest BCUT2D eigenvalue weighted by molar-refractivity contribution is -0.122. The van der Waals surface area contributed by atoms with Gasteiger partial charge in [-0.1, -0.05) is 31.6 Å². The van der Waals surface area contributed by atoms with Gasteiger partial charge < -0.3 is 5.11 Å². The maximum absolute atomic E-state index is 12.2. The Bertz CT molecular complexity index is 876. The lowest BCUT2D eigenvalue weighted by atomic mass is 9.45. The molecule has 5 rings (SSSR count). The highest BCUT2D eigenvalue weighted by Crippen LogP contribution is 2.67. The van der Waals surface area contributed by atoms with E-state index >= 15 is 0 Å². The van der Waals surface area contributed by atoms with Gasteiger partial charge in [0.25, 0.3) is 0 Å². The van der Waals surface area contributed by atoms with Crippen LogP contribution in [-0.4, -0.2) is 27.5 Å². The van der Waals surface area contributed by atoms with Gasteiger partial charge in [-0.05, 0) is 78.2 Å². The zero-order valence-corrected chi connectivity index (χ0v) is 17.6. The molecule has 0 saturated heterocycles. The van der Waals surface area contributed by atoms with Crippen molar-refractivity contribution in [3.63, 3.8) is 0 Å². The number of aromatic nitrogens is 2. The maximum Gasteiger partial charge on any atom is 0.155 e. The minimum Gasteiger partial charge on any atom is -0.396 e. The van der Waals surface area contributed by atoms with Crippen LogP contribution in [0.1, 0.15) is 64.6 Å². The summed E-state index contributed by atoms with van der Waals surface area (Å²) in [5.74, 6) is 3.37. The summed E-state index contributed by atoms with van der Waals surface area (Å²) in [4.78, 5) is 21.4. The van der Waals surface area contributed by atoms with Crippen molar-refractivity contribution in [2.24, 2.45) is 34.5 Å². The minimum atomic E-state index is 0.0996. The topological polar surface area (TPSA) is 63.1 Å². The molecule has 1 N–H and O–H groups in total. The van der Waals surface area contributed by atoms with Crippen LogP contribution in [0.15, 0.2) is 36.2 Å². The van der Waals surface area contributed by atoms with Gasteiger partial charge in [-0.15, -0.1) is 0 Å². The van der Waals surface area contributed by atoms with Crippen LogP contribution < -0.4 is 0 Å².